The van der Waals surface area contributed by atoms with Crippen LogP contribution in [0, 0.1) is 0 Å². The summed E-state index contributed by atoms with van der Waals surface area (Å²) < 4.78 is 5.19. The molecule has 0 aliphatic carbocycles. The van der Waals surface area contributed by atoms with Gasteiger partial charge in [-0.3, -0.25) is 4.79 Å². The van der Waals surface area contributed by atoms with Crippen molar-refractivity contribution in [2.24, 2.45) is 0 Å². The first kappa shape index (κ1) is 13.5. The Morgan fingerprint density at radius 1 is 1.33 bits per heavy atom. The van der Waals surface area contributed by atoms with Crippen LogP contribution in [-0.4, -0.2) is 44.1 Å². The second kappa shape index (κ2) is 5.78. The highest BCUT2D eigenvalue weighted by molar-refractivity contribution is 6.37. The number of benzene rings is 1. The minimum atomic E-state index is -0.116. The van der Waals surface area contributed by atoms with E-state index in [-0.39, 0.29) is 5.91 Å². The zero-order valence-corrected chi connectivity index (χ0v) is 11.5. The number of hydrogen-bond donors (Lipinski definition) is 1. The van der Waals surface area contributed by atoms with Gasteiger partial charge in [-0.2, -0.15) is 0 Å². The molecule has 1 fully saturated rings. The lowest BCUT2D eigenvalue weighted by atomic mass is 10.1. The lowest BCUT2D eigenvalue weighted by molar-refractivity contribution is 0.0732. The third kappa shape index (κ3) is 2.71. The molecule has 1 N–H and O–H groups in total. The van der Waals surface area contributed by atoms with Crippen LogP contribution in [-0.2, 0) is 0 Å². The predicted octanol–water partition coefficient (Wildman–Crippen LogP) is 2.05. The van der Waals surface area contributed by atoms with Crippen LogP contribution < -0.4 is 10.1 Å². The van der Waals surface area contributed by atoms with Gasteiger partial charge < -0.3 is 15.0 Å². The molecule has 0 aromatic heterocycles. The summed E-state index contributed by atoms with van der Waals surface area (Å²) in [5, 5.41) is 3.97. The fourth-order valence-corrected chi connectivity index (χ4v) is 2.50. The van der Waals surface area contributed by atoms with Crippen molar-refractivity contribution in [1.82, 2.24) is 10.2 Å². The lowest BCUT2D eigenvalue weighted by Crippen LogP contribution is -2.46. The molecule has 0 bridgehead atoms. The van der Waals surface area contributed by atoms with Gasteiger partial charge in [0.2, 0.25) is 0 Å². The molecule has 6 heteroatoms. The van der Waals surface area contributed by atoms with E-state index >= 15 is 0 Å². The van der Waals surface area contributed by atoms with Gasteiger partial charge in [0.05, 0.1) is 12.1 Å². The van der Waals surface area contributed by atoms with Crippen molar-refractivity contribution in [2.45, 2.75) is 0 Å². The first-order valence-corrected chi connectivity index (χ1v) is 6.42. The maximum absolute atomic E-state index is 12.4. The summed E-state index contributed by atoms with van der Waals surface area (Å²) in [6.07, 6.45) is 0. The number of amides is 1. The number of carbonyl (C=O) groups is 1. The molecule has 0 radical (unpaired) electrons. The van der Waals surface area contributed by atoms with Gasteiger partial charge in [0.15, 0.2) is 0 Å². The Morgan fingerprint density at radius 3 is 2.61 bits per heavy atom. The van der Waals surface area contributed by atoms with Crippen LogP contribution in [0.1, 0.15) is 10.4 Å². The zero-order chi connectivity index (χ0) is 13.1. The normalized spacial score (nSPS) is 15.6. The topological polar surface area (TPSA) is 41.6 Å². The Morgan fingerprint density at radius 2 is 2.00 bits per heavy atom. The number of ether oxygens (including phenoxy) is 1. The lowest BCUT2D eigenvalue weighted by Gasteiger charge is -2.28. The summed E-state index contributed by atoms with van der Waals surface area (Å²) >= 11 is 12.0. The highest BCUT2D eigenvalue weighted by Gasteiger charge is 2.24. The predicted molar refractivity (Wildman–Crippen MR) is 71.8 cm³/mol. The van der Waals surface area contributed by atoms with Gasteiger partial charge in [-0.15, -0.1) is 0 Å². The monoisotopic (exact) mass is 288 g/mol. The van der Waals surface area contributed by atoms with E-state index in [4.69, 9.17) is 27.9 Å². The minimum absolute atomic E-state index is 0.116. The van der Waals surface area contributed by atoms with Crippen LogP contribution in [0.3, 0.4) is 0 Å². The molecule has 1 saturated heterocycles. The second-order valence-corrected chi connectivity index (χ2v) is 4.85. The summed E-state index contributed by atoms with van der Waals surface area (Å²) in [4.78, 5) is 14.2. The molecule has 0 saturated carbocycles. The smallest absolute Gasteiger partial charge is 0.259 e. The third-order valence-corrected chi connectivity index (χ3v) is 3.37. The Labute approximate surface area is 116 Å². The Balaban J connectivity index is 2.34. The molecule has 0 atom stereocenters. The molecule has 0 unspecified atom stereocenters. The average Bonchev–Trinajstić information content (AvgIpc) is 2.38. The van der Waals surface area contributed by atoms with Crippen molar-refractivity contribution in [3.05, 3.63) is 27.7 Å². The summed E-state index contributed by atoms with van der Waals surface area (Å²) in [6.45, 7) is 2.92. The number of hydrogen-bond acceptors (Lipinski definition) is 3. The molecule has 1 aliphatic rings. The summed E-state index contributed by atoms with van der Waals surface area (Å²) in [7, 11) is 1.50. The number of piperazine rings is 1. The molecule has 4 nitrogen and oxygen atoms in total. The van der Waals surface area contributed by atoms with Crippen molar-refractivity contribution in [1.29, 1.82) is 0 Å². The number of halogens is 2. The molecule has 1 aliphatic heterocycles. The highest BCUT2D eigenvalue weighted by Crippen LogP contribution is 2.31. The summed E-state index contributed by atoms with van der Waals surface area (Å²) in [5.74, 6) is 0.297. The summed E-state index contributed by atoms with van der Waals surface area (Å²) in [5.41, 5.74) is 0.380. The fourth-order valence-electron chi connectivity index (χ4n) is 1.94. The number of rotatable bonds is 2. The van der Waals surface area contributed by atoms with Crippen LogP contribution in [0.2, 0.25) is 10.0 Å². The number of methoxy groups -OCH3 is 1. The largest absolute Gasteiger partial charge is 0.496 e. The molecule has 98 valence electrons. The fraction of sp³-hybridized carbons (Fsp3) is 0.417. The van der Waals surface area contributed by atoms with E-state index in [1.54, 1.807) is 17.0 Å². The quantitative estimate of drug-likeness (QED) is 0.906. The van der Waals surface area contributed by atoms with Crippen molar-refractivity contribution in [3.8, 4) is 5.75 Å². The van der Waals surface area contributed by atoms with Crippen molar-refractivity contribution in [2.75, 3.05) is 33.3 Å². The number of nitrogens with zero attached hydrogens (tertiary/aromatic N) is 1. The molecular weight excluding hydrogens is 275 g/mol. The van der Waals surface area contributed by atoms with E-state index in [2.05, 4.69) is 5.32 Å². The van der Waals surface area contributed by atoms with E-state index in [1.807, 2.05) is 0 Å². The zero-order valence-electron chi connectivity index (χ0n) is 10.0. The van der Waals surface area contributed by atoms with Crippen molar-refractivity contribution < 1.29 is 9.53 Å². The van der Waals surface area contributed by atoms with Crippen LogP contribution in [0.25, 0.3) is 0 Å². The van der Waals surface area contributed by atoms with E-state index < -0.39 is 0 Å². The first-order valence-electron chi connectivity index (χ1n) is 5.66. The van der Waals surface area contributed by atoms with E-state index in [0.29, 0.717) is 34.4 Å². The Kier molecular flexibility index (Phi) is 4.32. The van der Waals surface area contributed by atoms with E-state index in [9.17, 15) is 4.79 Å². The maximum atomic E-state index is 12.4. The van der Waals surface area contributed by atoms with Gasteiger partial charge in [-0.1, -0.05) is 23.2 Å². The molecule has 2 rings (SSSR count). The van der Waals surface area contributed by atoms with Crippen molar-refractivity contribution in [3.63, 3.8) is 0 Å². The molecule has 18 heavy (non-hydrogen) atoms. The first-order chi connectivity index (χ1) is 8.63. The SMILES string of the molecule is COc1cc(Cl)cc(Cl)c1C(=O)N1CCNCC1. The van der Waals surface area contributed by atoms with Gasteiger partial charge in [0.1, 0.15) is 11.3 Å². The van der Waals surface area contributed by atoms with Gasteiger partial charge in [-0.05, 0) is 12.1 Å². The molecule has 1 aromatic rings. The molecular formula is C12H14Cl2N2O2. The number of nitrogens with one attached hydrogen (secondary N) is 1. The van der Waals surface area contributed by atoms with Crippen LogP contribution in [0.4, 0.5) is 0 Å². The van der Waals surface area contributed by atoms with Crippen molar-refractivity contribution >= 4 is 29.1 Å². The molecule has 1 aromatic carbocycles. The van der Waals surface area contributed by atoms with E-state index in [1.165, 1.54) is 7.11 Å². The highest BCUT2D eigenvalue weighted by atomic mass is 35.5. The molecule has 1 amide bonds. The van der Waals surface area contributed by atoms with Gasteiger partial charge >= 0.3 is 0 Å². The number of carbonyl (C=O) groups excluding carboxylic acids is 1. The van der Waals surface area contributed by atoms with Gasteiger partial charge in [-0.25, -0.2) is 0 Å². The molecule has 1 heterocycles. The second-order valence-electron chi connectivity index (χ2n) is 4.01. The third-order valence-electron chi connectivity index (χ3n) is 2.86. The minimum Gasteiger partial charge on any atom is -0.496 e. The van der Waals surface area contributed by atoms with Crippen LogP contribution in [0.5, 0.6) is 5.75 Å². The Hall–Kier alpha value is -0.970. The van der Waals surface area contributed by atoms with Crippen LogP contribution in [0.15, 0.2) is 12.1 Å². The van der Waals surface area contributed by atoms with Gasteiger partial charge in [0.25, 0.3) is 5.91 Å². The maximum Gasteiger partial charge on any atom is 0.259 e. The van der Waals surface area contributed by atoms with E-state index in [0.717, 1.165) is 13.1 Å². The summed E-state index contributed by atoms with van der Waals surface area (Å²) in [6, 6.07) is 3.16. The average molecular weight is 289 g/mol. The standard InChI is InChI=1S/C12H14Cl2N2O2/c1-18-10-7-8(13)6-9(14)11(10)12(17)16-4-2-15-3-5-16/h6-7,15H,2-5H2,1H3. The Bertz CT molecular complexity index is 460. The van der Waals surface area contributed by atoms with Gasteiger partial charge in [0, 0.05) is 31.2 Å². The van der Waals surface area contributed by atoms with Crippen LogP contribution >= 0.6 is 23.2 Å². The molecule has 0 spiro atoms.